The molecule has 6 heteroatoms. The summed E-state index contributed by atoms with van der Waals surface area (Å²) in [6.07, 6.45) is 9.85. The molecule has 3 rings (SSSR count). The fourth-order valence-corrected chi connectivity index (χ4v) is 2.82. The normalized spacial score (nSPS) is 16.6. The van der Waals surface area contributed by atoms with Gasteiger partial charge >= 0.3 is 0 Å². The lowest BCUT2D eigenvalue weighted by molar-refractivity contribution is -0.121. The molecule has 0 spiro atoms. The second kappa shape index (κ2) is 6.27. The second-order valence-corrected chi connectivity index (χ2v) is 5.89. The summed E-state index contributed by atoms with van der Waals surface area (Å²) in [5, 5.41) is 7.22. The summed E-state index contributed by atoms with van der Waals surface area (Å²) in [7, 11) is 0. The maximum absolute atomic E-state index is 12.2. The molecule has 0 aliphatic heterocycles. The van der Waals surface area contributed by atoms with Crippen LogP contribution in [0.25, 0.3) is 0 Å². The molecule has 0 atom stereocenters. The zero-order valence-electron chi connectivity index (χ0n) is 12.5. The minimum Gasteiger partial charge on any atom is -0.317 e. The number of amides is 1. The predicted octanol–water partition coefficient (Wildman–Crippen LogP) is 1.73. The van der Waals surface area contributed by atoms with E-state index in [1.54, 1.807) is 12.4 Å². The van der Waals surface area contributed by atoms with Crippen LogP contribution in [0.1, 0.15) is 31.2 Å². The Kier molecular flexibility index (Phi) is 4.20. The van der Waals surface area contributed by atoms with Gasteiger partial charge in [0, 0.05) is 31.2 Å². The van der Waals surface area contributed by atoms with Gasteiger partial charge in [0.05, 0.1) is 5.54 Å². The van der Waals surface area contributed by atoms with E-state index in [1.807, 2.05) is 29.1 Å². The average molecular weight is 299 g/mol. The van der Waals surface area contributed by atoms with Gasteiger partial charge < -0.3 is 11.1 Å². The number of nitrogens with two attached hydrogens (primary N) is 1. The summed E-state index contributed by atoms with van der Waals surface area (Å²) in [5.74, 6) is 0.445. The first-order valence-electron chi connectivity index (χ1n) is 7.68. The highest BCUT2D eigenvalue weighted by molar-refractivity contribution is 5.97. The fraction of sp³-hybridized carbons (Fsp3) is 0.438. The second-order valence-electron chi connectivity index (χ2n) is 5.89. The van der Waals surface area contributed by atoms with Crippen LogP contribution < -0.4 is 11.1 Å². The largest absolute Gasteiger partial charge is 0.317 e. The van der Waals surface area contributed by atoms with E-state index < -0.39 is 5.54 Å². The highest BCUT2D eigenvalue weighted by Gasteiger charge is 2.37. The highest BCUT2D eigenvalue weighted by atomic mass is 16.2. The lowest BCUT2D eigenvalue weighted by Crippen LogP contribution is -2.48. The van der Waals surface area contributed by atoms with Crippen LogP contribution in [0.15, 0.2) is 36.8 Å². The van der Waals surface area contributed by atoms with Crippen molar-refractivity contribution in [2.24, 2.45) is 5.73 Å². The standard InChI is InChI=1S/C16H21N5O/c17-16(7-1-2-8-16)15(22)19-14-6-12-21(20-14)11-5-13-3-9-18-10-4-13/h3-4,6,9-10,12H,1-2,5,7-8,11,17H2,(H,19,20,22). The van der Waals surface area contributed by atoms with Gasteiger partial charge in [-0.2, -0.15) is 5.10 Å². The summed E-state index contributed by atoms with van der Waals surface area (Å²) in [6, 6.07) is 5.79. The Balaban J connectivity index is 1.56. The molecule has 1 fully saturated rings. The number of nitrogens with one attached hydrogen (secondary N) is 1. The van der Waals surface area contributed by atoms with Crippen molar-refractivity contribution in [2.75, 3.05) is 5.32 Å². The molecular formula is C16H21N5O. The van der Waals surface area contributed by atoms with Gasteiger partial charge in [-0.25, -0.2) is 0 Å². The van der Waals surface area contributed by atoms with E-state index in [0.717, 1.165) is 38.6 Å². The number of nitrogens with zero attached hydrogens (tertiary/aromatic N) is 3. The Morgan fingerprint density at radius 2 is 2.00 bits per heavy atom. The molecule has 1 amide bonds. The van der Waals surface area contributed by atoms with E-state index in [-0.39, 0.29) is 5.91 Å². The Morgan fingerprint density at radius 1 is 1.27 bits per heavy atom. The summed E-state index contributed by atoms with van der Waals surface area (Å²) in [6.45, 7) is 0.758. The third-order valence-electron chi connectivity index (χ3n) is 4.21. The number of anilines is 1. The van der Waals surface area contributed by atoms with Crippen LogP contribution in [-0.4, -0.2) is 26.2 Å². The van der Waals surface area contributed by atoms with Crippen molar-refractivity contribution < 1.29 is 4.79 Å². The molecule has 2 aromatic rings. The van der Waals surface area contributed by atoms with E-state index in [0.29, 0.717) is 5.82 Å². The molecule has 2 aromatic heterocycles. The van der Waals surface area contributed by atoms with Gasteiger partial charge in [-0.1, -0.05) is 12.8 Å². The average Bonchev–Trinajstić information content (AvgIpc) is 3.16. The zero-order valence-corrected chi connectivity index (χ0v) is 12.5. The maximum atomic E-state index is 12.2. The van der Waals surface area contributed by atoms with Crippen molar-refractivity contribution >= 4 is 11.7 Å². The zero-order chi connectivity index (χ0) is 15.4. The predicted molar refractivity (Wildman–Crippen MR) is 84.2 cm³/mol. The van der Waals surface area contributed by atoms with Crippen molar-refractivity contribution in [1.29, 1.82) is 0 Å². The first kappa shape index (κ1) is 14.7. The van der Waals surface area contributed by atoms with Gasteiger partial charge in [-0.15, -0.1) is 0 Å². The van der Waals surface area contributed by atoms with Crippen molar-refractivity contribution in [2.45, 2.75) is 44.2 Å². The number of aryl methyl sites for hydroxylation is 2. The third-order valence-corrected chi connectivity index (χ3v) is 4.21. The number of rotatable bonds is 5. The summed E-state index contributed by atoms with van der Waals surface area (Å²) in [5.41, 5.74) is 6.63. The summed E-state index contributed by atoms with van der Waals surface area (Å²) < 4.78 is 1.83. The Morgan fingerprint density at radius 3 is 2.73 bits per heavy atom. The molecule has 0 radical (unpaired) electrons. The Bertz CT molecular complexity index is 631. The van der Waals surface area contributed by atoms with E-state index in [4.69, 9.17) is 5.73 Å². The SMILES string of the molecule is NC1(C(=O)Nc2ccn(CCc3ccncc3)n2)CCCC1. The molecule has 6 nitrogen and oxygen atoms in total. The number of carbonyl (C=O) groups is 1. The van der Waals surface area contributed by atoms with Crippen LogP contribution in [0.5, 0.6) is 0 Å². The van der Waals surface area contributed by atoms with Crippen LogP contribution in [0.4, 0.5) is 5.82 Å². The van der Waals surface area contributed by atoms with Crippen molar-refractivity contribution in [1.82, 2.24) is 14.8 Å². The minimum absolute atomic E-state index is 0.121. The van der Waals surface area contributed by atoms with E-state index >= 15 is 0 Å². The van der Waals surface area contributed by atoms with E-state index in [9.17, 15) is 4.79 Å². The lowest BCUT2D eigenvalue weighted by Gasteiger charge is -2.21. The van der Waals surface area contributed by atoms with Gasteiger partial charge in [0.2, 0.25) is 5.91 Å². The van der Waals surface area contributed by atoms with Crippen LogP contribution in [0.2, 0.25) is 0 Å². The lowest BCUT2D eigenvalue weighted by atomic mass is 9.98. The molecule has 0 aromatic carbocycles. The summed E-state index contributed by atoms with van der Waals surface area (Å²) >= 11 is 0. The number of carbonyl (C=O) groups excluding carboxylic acids is 1. The van der Waals surface area contributed by atoms with Gasteiger partial charge in [0.1, 0.15) is 0 Å². The first-order valence-corrected chi connectivity index (χ1v) is 7.68. The van der Waals surface area contributed by atoms with Crippen molar-refractivity contribution in [3.8, 4) is 0 Å². The van der Waals surface area contributed by atoms with Crippen LogP contribution in [0.3, 0.4) is 0 Å². The fourth-order valence-electron chi connectivity index (χ4n) is 2.82. The Labute approximate surface area is 129 Å². The number of pyridine rings is 1. The number of hydrogen-bond donors (Lipinski definition) is 2. The topological polar surface area (TPSA) is 85.8 Å². The molecule has 2 heterocycles. The van der Waals surface area contributed by atoms with E-state index in [1.165, 1.54) is 5.56 Å². The number of hydrogen-bond acceptors (Lipinski definition) is 4. The molecule has 0 unspecified atom stereocenters. The Hall–Kier alpha value is -2.21. The molecule has 0 saturated heterocycles. The van der Waals surface area contributed by atoms with Gasteiger partial charge in [-0.05, 0) is 37.0 Å². The molecule has 0 bridgehead atoms. The summed E-state index contributed by atoms with van der Waals surface area (Å²) in [4.78, 5) is 16.2. The monoisotopic (exact) mass is 299 g/mol. The molecule has 116 valence electrons. The molecular weight excluding hydrogens is 278 g/mol. The molecule has 1 aliphatic rings. The van der Waals surface area contributed by atoms with Crippen molar-refractivity contribution in [3.63, 3.8) is 0 Å². The van der Waals surface area contributed by atoms with Crippen LogP contribution in [-0.2, 0) is 17.8 Å². The molecule has 22 heavy (non-hydrogen) atoms. The van der Waals surface area contributed by atoms with Crippen LogP contribution in [0, 0.1) is 0 Å². The molecule has 1 aliphatic carbocycles. The maximum Gasteiger partial charge on any atom is 0.245 e. The number of aromatic nitrogens is 3. The van der Waals surface area contributed by atoms with Gasteiger partial charge in [0.15, 0.2) is 5.82 Å². The van der Waals surface area contributed by atoms with Gasteiger partial charge in [0.25, 0.3) is 0 Å². The first-order chi connectivity index (χ1) is 10.7. The molecule has 3 N–H and O–H groups in total. The molecule has 1 saturated carbocycles. The quantitative estimate of drug-likeness (QED) is 0.880. The van der Waals surface area contributed by atoms with Gasteiger partial charge in [-0.3, -0.25) is 14.5 Å². The smallest absolute Gasteiger partial charge is 0.245 e. The minimum atomic E-state index is -0.721. The van der Waals surface area contributed by atoms with Crippen LogP contribution >= 0.6 is 0 Å². The third kappa shape index (κ3) is 3.33. The van der Waals surface area contributed by atoms with E-state index in [2.05, 4.69) is 15.4 Å². The highest BCUT2D eigenvalue weighted by Crippen LogP contribution is 2.28. The van der Waals surface area contributed by atoms with Crippen molar-refractivity contribution in [3.05, 3.63) is 42.4 Å².